The van der Waals surface area contributed by atoms with E-state index in [1.54, 1.807) is 30.3 Å². The molecule has 0 saturated carbocycles. The minimum absolute atomic E-state index is 0.0546. The van der Waals surface area contributed by atoms with Crippen molar-refractivity contribution in [1.29, 1.82) is 0 Å². The van der Waals surface area contributed by atoms with E-state index in [1.807, 2.05) is 0 Å². The van der Waals surface area contributed by atoms with Crippen LogP contribution in [0.5, 0.6) is 11.5 Å². The van der Waals surface area contributed by atoms with E-state index in [2.05, 4.69) is 0 Å². The van der Waals surface area contributed by atoms with Gasteiger partial charge in [0.1, 0.15) is 15.8 Å². The monoisotopic (exact) mass is 435 g/mol. The average molecular weight is 435 g/mol. The smallest absolute Gasteiger partial charge is 0.303 e. The van der Waals surface area contributed by atoms with E-state index < -0.39 is 17.6 Å². The van der Waals surface area contributed by atoms with Crippen LogP contribution in [0.3, 0.4) is 0 Å². The minimum atomic E-state index is -1.03. The molecule has 0 bridgehead atoms. The fraction of sp³-hybridized carbons (Fsp3) is 0.150. The molecule has 150 valence electrons. The minimum Gasteiger partial charge on any atom is -0.481 e. The molecule has 1 N–H and O–H groups in total. The maximum absolute atomic E-state index is 13.4. The van der Waals surface area contributed by atoms with Gasteiger partial charge in [0.05, 0.1) is 4.91 Å². The number of carboxylic acid groups (broad SMARTS) is 1. The number of benzene rings is 2. The number of halogens is 2. The molecule has 0 radical (unpaired) electrons. The van der Waals surface area contributed by atoms with Gasteiger partial charge in [-0.2, -0.15) is 0 Å². The maximum Gasteiger partial charge on any atom is 0.303 e. The van der Waals surface area contributed by atoms with Crippen molar-refractivity contribution in [3.63, 3.8) is 0 Å². The zero-order chi connectivity index (χ0) is 21.0. The van der Waals surface area contributed by atoms with Gasteiger partial charge in [-0.05, 0) is 30.7 Å². The van der Waals surface area contributed by atoms with E-state index in [-0.39, 0.29) is 24.6 Å². The van der Waals surface area contributed by atoms with Gasteiger partial charge in [-0.3, -0.25) is 14.5 Å². The van der Waals surface area contributed by atoms with E-state index in [9.17, 15) is 18.4 Å². The van der Waals surface area contributed by atoms with Crippen molar-refractivity contribution in [2.75, 3.05) is 6.54 Å². The molecule has 1 saturated heterocycles. The number of hydrogen-bond acceptors (Lipinski definition) is 5. The largest absolute Gasteiger partial charge is 0.481 e. The number of ether oxygens (including phenoxy) is 1. The molecule has 3 rings (SSSR count). The van der Waals surface area contributed by atoms with Crippen molar-refractivity contribution in [2.45, 2.75) is 12.8 Å². The Labute approximate surface area is 175 Å². The molecular weight excluding hydrogens is 420 g/mol. The van der Waals surface area contributed by atoms with Gasteiger partial charge in [-0.15, -0.1) is 0 Å². The Bertz CT molecular complexity index is 1010. The number of para-hydroxylation sites is 1. The van der Waals surface area contributed by atoms with Gasteiger partial charge in [0.2, 0.25) is 0 Å². The highest BCUT2D eigenvalue weighted by Crippen LogP contribution is 2.35. The van der Waals surface area contributed by atoms with Crippen LogP contribution in [-0.4, -0.2) is 32.7 Å². The molecule has 9 heteroatoms. The third-order valence-electron chi connectivity index (χ3n) is 3.97. The summed E-state index contributed by atoms with van der Waals surface area (Å²) < 4.78 is 32.5. The second-order valence-corrected chi connectivity index (χ2v) is 7.72. The molecular formula is C20H15F2NO4S2. The Kier molecular flexibility index (Phi) is 6.60. The van der Waals surface area contributed by atoms with Crippen LogP contribution in [0.4, 0.5) is 8.78 Å². The highest BCUT2D eigenvalue weighted by molar-refractivity contribution is 8.26. The Morgan fingerprint density at radius 2 is 1.97 bits per heavy atom. The van der Waals surface area contributed by atoms with Crippen LogP contribution >= 0.6 is 24.0 Å². The van der Waals surface area contributed by atoms with Crippen molar-refractivity contribution in [2.24, 2.45) is 0 Å². The lowest BCUT2D eigenvalue weighted by molar-refractivity contribution is -0.137. The maximum atomic E-state index is 13.4. The lowest BCUT2D eigenvalue weighted by Crippen LogP contribution is -2.29. The number of amides is 1. The summed E-state index contributed by atoms with van der Waals surface area (Å²) in [7, 11) is 0. The quantitative estimate of drug-likeness (QED) is 0.497. The number of thiocarbonyl (C=S) groups is 1. The lowest BCUT2D eigenvalue weighted by atomic mass is 10.1. The van der Waals surface area contributed by atoms with Gasteiger partial charge in [-0.1, -0.05) is 42.2 Å². The fourth-order valence-electron chi connectivity index (χ4n) is 2.58. The summed E-state index contributed by atoms with van der Waals surface area (Å²) in [6.45, 7) is 0.224. The summed E-state index contributed by atoms with van der Waals surface area (Å²) >= 11 is 6.34. The zero-order valence-corrected chi connectivity index (χ0v) is 16.6. The molecule has 0 unspecified atom stereocenters. The van der Waals surface area contributed by atoms with Crippen molar-refractivity contribution >= 4 is 46.3 Å². The second kappa shape index (κ2) is 9.15. The van der Waals surface area contributed by atoms with Crippen LogP contribution in [0.2, 0.25) is 0 Å². The Hall–Kier alpha value is -2.78. The fourth-order valence-corrected chi connectivity index (χ4v) is 3.88. The first-order valence-electron chi connectivity index (χ1n) is 8.54. The Balaban J connectivity index is 1.80. The molecule has 1 aliphatic heterocycles. The molecule has 0 aromatic heterocycles. The molecule has 2 aromatic rings. The molecule has 0 aliphatic carbocycles. The number of rotatable bonds is 7. The predicted octanol–water partition coefficient (Wildman–Crippen LogP) is 4.82. The SMILES string of the molecule is O=C(O)CCCN1C(=O)C(=Cc2ccccc2Oc2ccc(F)c(F)c2)SC1=S. The first-order valence-corrected chi connectivity index (χ1v) is 9.76. The summed E-state index contributed by atoms with van der Waals surface area (Å²) in [6.07, 6.45) is 1.84. The summed E-state index contributed by atoms with van der Waals surface area (Å²) in [5, 5.41) is 8.74. The lowest BCUT2D eigenvalue weighted by Gasteiger charge is -2.13. The van der Waals surface area contributed by atoms with Crippen molar-refractivity contribution < 1.29 is 28.2 Å². The van der Waals surface area contributed by atoms with Gasteiger partial charge in [0.25, 0.3) is 5.91 Å². The van der Waals surface area contributed by atoms with E-state index in [4.69, 9.17) is 22.1 Å². The molecule has 2 aromatic carbocycles. The molecule has 0 atom stereocenters. The van der Waals surface area contributed by atoms with E-state index in [0.717, 1.165) is 23.9 Å². The molecule has 1 fully saturated rings. The van der Waals surface area contributed by atoms with E-state index >= 15 is 0 Å². The number of carbonyl (C=O) groups excluding carboxylic acids is 1. The normalized spacial score (nSPS) is 15.2. The van der Waals surface area contributed by atoms with Gasteiger partial charge < -0.3 is 9.84 Å². The Morgan fingerprint density at radius 1 is 1.21 bits per heavy atom. The molecule has 1 heterocycles. The van der Waals surface area contributed by atoms with Crippen molar-refractivity contribution in [1.82, 2.24) is 4.90 Å². The van der Waals surface area contributed by atoms with E-state index in [0.29, 0.717) is 27.0 Å². The van der Waals surface area contributed by atoms with E-state index in [1.165, 1.54) is 11.0 Å². The number of hydrogen-bond donors (Lipinski definition) is 1. The van der Waals surface area contributed by atoms with Crippen LogP contribution in [0, 0.1) is 11.6 Å². The van der Waals surface area contributed by atoms with Crippen LogP contribution in [0.15, 0.2) is 47.4 Å². The molecule has 0 spiro atoms. The highest BCUT2D eigenvalue weighted by Gasteiger charge is 2.31. The average Bonchev–Trinajstić information content (AvgIpc) is 2.93. The van der Waals surface area contributed by atoms with Crippen LogP contribution in [0.25, 0.3) is 6.08 Å². The number of carboxylic acids is 1. The van der Waals surface area contributed by atoms with Crippen LogP contribution in [0.1, 0.15) is 18.4 Å². The summed E-state index contributed by atoms with van der Waals surface area (Å²) in [5.74, 6) is -2.78. The highest BCUT2D eigenvalue weighted by atomic mass is 32.2. The number of nitrogens with zero attached hydrogens (tertiary/aromatic N) is 1. The third-order valence-corrected chi connectivity index (χ3v) is 5.35. The van der Waals surface area contributed by atoms with Crippen LogP contribution in [-0.2, 0) is 9.59 Å². The van der Waals surface area contributed by atoms with Gasteiger partial charge in [-0.25, -0.2) is 8.78 Å². The van der Waals surface area contributed by atoms with Gasteiger partial charge in [0.15, 0.2) is 11.6 Å². The number of carbonyl (C=O) groups is 2. The first kappa shape index (κ1) is 20.9. The zero-order valence-electron chi connectivity index (χ0n) is 14.9. The molecule has 5 nitrogen and oxygen atoms in total. The third kappa shape index (κ3) is 5.18. The summed E-state index contributed by atoms with van der Waals surface area (Å²) in [5.41, 5.74) is 0.559. The second-order valence-electron chi connectivity index (χ2n) is 6.05. The predicted molar refractivity (Wildman–Crippen MR) is 110 cm³/mol. The van der Waals surface area contributed by atoms with Gasteiger partial charge in [0, 0.05) is 24.6 Å². The van der Waals surface area contributed by atoms with Gasteiger partial charge >= 0.3 is 5.97 Å². The molecule has 1 amide bonds. The topological polar surface area (TPSA) is 66.8 Å². The van der Waals surface area contributed by atoms with Crippen molar-refractivity contribution in [3.8, 4) is 11.5 Å². The summed E-state index contributed by atoms with van der Waals surface area (Å²) in [4.78, 5) is 25.0. The molecule has 1 aliphatic rings. The summed E-state index contributed by atoms with van der Waals surface area (Å²) in [6, 6.07) is 10.0. The standard InChI is InChI=1S/C20H15F2NO4S2/c21-14-8-7-13(11-15(14)22)27-16-5-2-1-4-12(16)10-17-19(26)23(20(28)29-17)9-3-6-18(24)25/h1-2,4-5,7-8,10-11H,3,6,9H2,(H,24,25). The first-order chi connectivity index (χ1) is 13.8. The van der Waals surface area contributed by atoms with Crippen molar-refractivity contribution in [3.05, 3.63) is 64.6 Å². The number of thioether (sulfide) groups is 1. The number of aliphatic carboxylic acids is 1. The molecule has 29 heavy (non-hydrogen) atoms. The Morgan fingerprint density at radius 3 is 2.69 bits per heavy atom. The van der Waals surface area contributed by atoms with Crippen LogP contribution < -0.4 is 4.74 Å².